The molecule has 0 radical (unpaired) electrons. The number of ether oxygens (including phenoxy) is 2. The van der Waals surface area contributed by atoms with Crippen LogP contribution in [0.2, 0.25) is 5.02 Å². The molecular formula is C22H18ClNO5. The fraction of sp³-hybridized carbons (Fsp3) is 0.136. The predicted molar refractivity (Wildman–Crippen MR) is 111 cm³/mol. The van der Waals surface area contributed by atoms with Crippen molar-refractivity contribution < 1.29 is 19.2 Å². The van der Waals surface area contributed by atoms with Crippen LogP contribution in [0.4, 0.5) is 5.69 Å². The molecule has 7 heteroatoms. The molecule has 6 nitrogen and oxygen atoms in total. The van der Waals surface area contributed by atoms with Crippen molar-refractivity contribution >= 4 is 23.1 Å². The molecule has 3 rings (SSSR count). The zero-order chi connectivity index (χ0) is 21.1. The van der Waals surface area contributed by atoms with Crippen LogP contribution in [0.15, 0.2) is 54.6 Å². The van der Waals surface area contributed by atoms with E-state index in [1.807, 2.05) is 0 Å². The van der Waals surface area contributed by atoms with Crippen molar-refractivity contribution in [1.29, 1.82) is 0 Å². The van der Waals surface area contributed by atoms with Crippen LogP contribution in [0, 0.1) is 24.0 Å². The van der Waals surface area contributed by atoms with Crippen molar-refractivity contribution in [3.05, 3.63) is 92.0 Å². The van der Waals surface area contributed by atoms with Crippen molar-refractivity contribution in [3.8, 4) is 17.2 Å². The third-order valence-corrected chi connectivity index (χ3v) is 4.65. The fourth-order valence-electron chi connectivity index (χ4n) is 3.00. The molecule has 0 N–H and O–H groups in total. The first-order chi connectivity index (χ1) is 13.8. The molecule has 0 aromatic heterocycles. The van der Waals surface area contributed by atoms with E-state index in [2.05, 4.69) is 0 Å². The lowest BCUT2D eigenvalue weighted by molar-refractivity contribution is -0.385. The number of nitro groups is 1. The number of nitrogens with zero attached hydrogens (tertiary/aromatic N) is 1. The molecule has 148 valence electrons. The molecule has 0 amide bonds. The van der Waals surface area contributed by atoms with Gasteiger partial charge in [-0.1, -0.05) is 11.6 Å². The van der Waals surface area contributed by atoms with E-state index >= 15 is 0 Å². The van der Waals surface area contributed by atoms with Gasteiger partial charge in [-0.3, -0.25) is 14.9 Å². The zero-order valence-electron chi connectivity index (χ0n) is 16.1. The number of nitro benzene ring substituents is 1. The summed E-state index contributed by atoms with van der Waals surface area (Å²) in [4.78, 5) is 23.5. The van der Waals surface area contributed by atoms with Crippen molar-refractivity contribution in [3.63, 3.8) is 0 Å². The van der Waals surface area contributed by atoms with Gasteiger partial charge in [0, 0.05) is 22.7 Å². The van der Waals surface area contributed by atoms with Gasteiger partial charge in [0.2, 0.25) is 0 Å². The van der Waals surface area contributed by atoms with Crippen LogP contribution in [0.1, 0.15) is 27.0 Å². The number of aryl methyl sites for hydroxylation is 2. The Kier molecular flexibility index (Phi) is 5.84. The van der Waals surface area contributed by atoms with E-state index in [1.165, 1.54) is 19.2 Å². The van der Waals surface area contributed by atoms with E-state index in [9.17, 15) is 14.9 Å². The molecule has 0 atom stereocenters. The summed E-state index contributed by atoms with van der Waals surface area (Å²) >= 11 is 5.90. The summed E-state index contributed by atoms with van der Waals surface area (Å²) in [6.45, 7) is 3.47. The van der Waals surface area contributed by atoms with Gasteiger partial charge in [-0.2, -0.15) is 0 Å². The first-order valence-corrected chi connectivity index (χ1v) is 9.09. The van der Waals surface area contributed by atoms with Crippen LogP contribution >= 0.6 is 11.6 Å². The van der Waals surface area contributed by atoms with Crippen molar-refractivity contribution in [2.45, 2.75) is 13.8 Å². The van der Waals surface area contributed by atoms with Crippen LogP contribution in [0.5, 0.6) is 17.2 Å². The van der Waals surface area contributed by atoms with E-state index < -0.39 is 4.92 Å². The minimum Gasteiger partial charge on any atom is -0.496 e. The van der Waals surface area contributed by atoms with Gasteiger partial charge in [0.25, 0.3) is 5.69 Å². The number of benzene rings is 3. The predicted octanol–water partition coefficient (Wildman–Crippen LogP) is 5.90. The summed E-state index contributed by atoms with van der Waals surface area (Å²) in [5, 5.41) is 11.6. The van der Waals surface area contributed by atoms with Gasteiger partial charge in [0.1, 0.15) is 17.2 Å². The van der Waals surface area contributed by atoms with Crippen LogP contribution in [-0.2, 0) is 0 Å². The van der Waals surface area contributed by atoms with E-state index in [-0.39, 0.29) is 11.5 Å². The minimum atomic E-state index is -0.444. The summed E-state index contributed by atoms with van der Waals surface area (Å²) in [7, 11) is 1.49. The van der Waals surface area contributed by atoms with Crippen molar-refractivity contribution in [1.82, 2.24) is 0 Å². The smallest absolute Gasteiger partial charge is 0.270 e. The Morgan fingerprint density at radius 1 is 1.00 bits per heavy atom. The number of hydrogen-bond acceptors (Lipinski definition) is 5. The van der Waals surface area contributed by atoms with Crippen LogP contribution in [0.25, 0.3) is 0 Å². The summed E-state index contributed by atoms with van der Waals surface area (Å²) < 4.78 is 11.3. The lowest BCUT2D eigenvalue weighted by atomic mass is 10.0. The molecule has 29 heavy (non-hydrogen) atoms. The lowest BCUT2D eigenvalue weighted by Gasteiger charge is -2.14. The van der Waals surface area contributed by atoms with E-state index in [4.69, 9.17) is 21.1 Å². The maximum atomic E-state index is 12.9. The average Bonchev–Trinajstić information content (AvgIpc) is 2.70. The summed E-state index contributed by atoms with van der Waals surface area (Å²) in [6, 6.07) is 14.4. The lowest BCUT2D eigenvalue weighted by Crippen LogP contribution is -2.04. The van der Waals surface area contributed by atoms with E-state index in [0.717, 1.165) is 0 Å². The maximum Gasteiger partial charge on any atom is 0.270 e. The fourth-order valence-corrected chi connectivity index (χ4v) is 3.12. The van der Waals surface area contributed by atoms with Gasteiger partial charge in [0.15, 0.2) is 5.78 Å². The largest absolute Gasteiger partial charge is 0.496 e. The number of hydrogen-bond donors (Lipinski definition) is 0. The quantitative estimate of drug-likeness (QED) is 0.287. The second-order valence-electron chi connectivity index (χ2n) is 6.47. The van der Waals surface area contributed by atoms with Gasteiger partial charge < -0.3 is 9.47 Å². The SMILES string of the molecule is COc1ccc(Oc2c(C)cc([N+](=O)[O-])cc2C)cc1C(=O)c1ccc(Cl)cc1. The number of rotatable bonds is 6. The highest BCUT2D eigenvalue weighted by atomic mass is 35.5. The zero-order valence-corrected chi connectivity index (χ0v) is 16.8. The monoisotopic (exact) mass is 411 g/mol. The normalized spacial score (nSPS) is 10.5. The Labute approximate surface area is 172 Å². The van der Waals surface area contributed by atoms with Crippen molar-refractivity contribution in [2.24, 2.45) is 0 Å². The second kappa shape index (κ2) is 8.32. The molecule has 0 heterocycles. The minimum absolute atomic E-state index is 0.000635. The Morgan fingerprint density at radius 2 is 1.62 bits per heavy atom. The van der Waals surface area contributed by atoms with Crippen LogP contribution in [0.3, 0.4) is 0 Å². The molecule has 0 aliphatic heterocycles. The molecule has 0 aliphatic carbocycles. The highest BCUT2D eigenvalue weighted by Crippen LogP contribution is 2.34. The number of halogens is 1. The molecule has 3 aromatic rings. The van der Waals surface area contributed by atoms with Gasteiger partial charge >= 0.3 is 0 Å². The highest BCUT2D eigenvalue weighted by Gasteiger charge is 2.18. The summed E-state index contributed by atoms with van der Waals surface area (Å²) in [5.41, 5.74) is 2.05. The third-order valence-electron chi connectivity index (χ3n) is 4.40. The van der Waals surface area contributed by atoms with Crippen molar-refractivity contribution in [2.75, 3.05) is 7.11 Å². The standard InChI is InChI=1S/C22H18ClNO5/c1-13-10-17(24(26)27)11-14(2)22(13)29-18-8-9-20(28-3)19(12-18)21(25)15-4-6-16(23)7-5-15/h4-12H,1-3H3. The number of ketones is 1. The Hall–Kier alpha value is -3.38. The summed E-state index contributed by atoms with van der Waals surface area (Å²) in [6.07, 6.45) is 0. The Balaban J connectivity index is 1.98. The Morgan fingerprint density at radius 3 is 2.17 bits per heavy atom. The third kappa shape index (κ3) is 4.38. The molecule has 0 saturated carbocycles. The molecule has 0 spiro atoms. The van der Waals surface area contributed by atoms with E-state index in [0.29, 0.717) is 44.5 Å². The van der Waals surface area contributed by atoms with Gasteiger partial charge in [-0.25, -0.2) is 0 Å². The number of carbonyl (C=O) groups excluding carboxylic acids is 1. The Bertz CT molecular complexity index is 1070. The topological polar surface area (TPSA) is 78.7 Å². The van der Waals surface area contributed by atoms with Gasteiger partial charge in [-0.05, 0) is 67.4 Å². The van der Waals surface area contributed by atoms with Gasteiger partial charge in [-0.15, -0.1) is 0 Å². The first kappa shape index (κ1) is 20.4. The van der Waals surface area contributed by atoms with Crippen LogP contribution < -0.4 is 9.47 Å². The van der Waals surface area contributed by atoms with Gasteiger partial charge in [0.05, 0.1) is 17.6 Å². The summed E-state index contributed by atoms with van der Waals surface area (Å²) in [5.74, 6) is 1.10. The molecule has 0 bridgehead atoms. The number of methoxy groups -OCH3 is 1. The first-order valence-electron chi connectivity index (χ1n) is 8.72. The highest BCUT2D eigenvalue weighted by molar-refractivity contribution is 6.30. The maximum absolute atomic E-state index is 12.9. The molecule has 0 aliphatic rings. The van der Waals surface area contributed by atoms with Crippen LogP contribution in [-0.4, -0.2) is 17.8 Å². The molecule has 0 fully saturated rings. The number of carbonyl (C=O) groups is 1. The molecular weight excluding hydrogens is 394 g/mol. The van der Waals surface area contributed by atoms with E-state index in [1.54, 1.807) is 56.3 Å². The molecule has 0 unspecified atom stereocenters. The average molecular weight is 412 g/mol. The number of non-ortho nitro benzene ring substituents is 1. The molecule has 3 aromatic carbocycles. The second-order valence-corrected chi connectivity index (χ2v) is 6.90. The molecule has 0 saturated heterocycles.